The number of amides is 1. The van der Waals surface area contributed by atoms with Crippen LogP contribution in [0.2, 0.25) is 0 Å². The summed E-state index contributed by atoms with van der Waals surface area (Å²) in [5, 5.41) is 12.5. The fourth-order valence-electron chi connectivity index (χ4n) is 3.09. The summed E-state index contributed by atoms with van der Waals surface area (Å²) in [6, 6.07) is 4.79. The molecule has 1 fully saturated rings. The van der Waals surface area contributed by atoms with Gasteiger partial charge in [-0.3, -0.25) is 4.79 Å². The van der Waals surface area contributed by atoms with E-state index in [2.05, 4.69) is 12.2 Å². The molecule has 4 heteroatoms. The number of aliphatic hydroxyl groups is 1. The summed E-state index contributed by atoms with van der Waals surface area (Å²) in [5.74, 6) is -0.463. The van der Waals surface area contributed by atoms with Crippen molar-refractivity contribution >= 4 is 5.91 Å². The number of carbonyl (C=O) groups excluding carboxylic acids is 1. The van der Waals surface area contributed by atoms with Gasteiger partial charge in [-0.15, -0.1) is 0 Å². The Morgan fingerprint density at radius 1 is 1.55 bits per heavy atom. The maximum Gasteiger partial charge on any atom is 0.254 e. The monoisotopic (exact) mass is 279 g/mol. The summed E-state index contributed by atoms with van der Waals surface area (Å²) in [6.45, 7) is 3.65. The summed E-state index contributed by atoms with van der Waals surface area (Å²) in [4.78, 5) is 12.3. The minimum Gasteiger partial charge on any atom is -0.394 e. The molecule has 1 amide bonds. The summed E-state index contributed by atoms with van der Waals surface area (Å²) in [7, 11) is 0. The zero-order valence-electron chi connectivity index (χ0n) is 12.1. The molecule has 1 saturated carbocycles. The van der Waals surface area contributed by atoms with E-state index in [9.17, 15) is 14.3 Å². The highest BCUT2D eigenvalue weighted by Gasteiger charge is 2.36. The Balaban J connectivity index is 2.19. The van der Waals surface area contributed by atoms with Crippen molar-refractivity contribution in [3.05, 3.63) is 35.1 Å². The van der Waals surface area contributed by atoms with Crippen LogP contribution in [0, 0.1) is 18.7 Å². The number of hydrogen-bond acceptors (Lipinski definition) is 2. The van der Waals surface area contributed by atoms with Gasteiger partial charge >= 0.3 is 0 Å². The average molecular weight is 279 g/mol. The smallest absolute Gasteiger partial charge is 0.254 e. The maximum atomic E-state index is 14.0. The normalized spacial score (nSPS) is 26.3. The second-order valence-corrected chi connectivity index (χ2v) is 6.03. The van der Waals surface area contributed by atoms with Crippen molar-refractivity contribution in [3.8, 4) is 0 Å². The van der Waals surface area contributed by atoms with E-state index in [0.29, 0.717) is 11.5 Å². The second-order valence-electron chi connectivity index (χ2n) is 6.03. The number of nitrogens with one attached hydrogen (secondary N) is 1. The van der Waals surface area contributed by atoms with Gasteiger partial charge in [0, 0.05) is 0 Å². The molecule has 2 N–H and O–H groups in total. The number of benzene rings is 1. The van der Waals surface area contributed by atoms with Gasteiger partial charge in [0.25, 0.3) is 5.91 Å². The van der Waals surface area contributed by atoms with E-state index in [4.69, 9.17) is 0 Å². The van der Waals surface area contributed by atoms with Crippen LogP contribution >= 0.6 is 0 Å². The number of halogens is 1. The molecular weight excluding hydrogens is 257 g/mol. The number of aliphatic hydroxyl groups excluding tert-OH is 1. The molecule has 0 bridgehead atoms. The SMILES string of the molecule is Cc1cccc(C(=O)NC2(CO)CCCC(C)C2)c1F. The lowest BCUT2D eigenvalue weighted by Crippen LogP contribution is -2.54. The zero-order valence-corrected chi connectivity index (χ0v) is 12.1. The molecule has 2 atom stereocenters. The van der Waals surface area contributed by atoms with Crippen molar-refractivity contribution < 1.29 is 14.3 Å². The lowest BCUT2D eigenvalue weighted by atomic mass is 9.76. The van der Waals surface area contributed by atoms with Gasteiger partial charge in [-0.2, -0.15) is 0 Å². The third kappa shape index (κ3) is 3.01. The molecule has 0 spiro atoms. The van der Waals surface area contributed by atoms with E-state index in [1.165, 1.54) is 6.07 Å². The Labute approximate surface area is 119 Å². The average Bonchev–Trinajstić information content (AvgIpc) is 2.41. The minimum absolute atomic E-state index is 0.0519. The van der Waals surface area contributed by atoms with Gasteiger partial charge in [0.15, 0.2) is 0 Å². The molecule has 0 saturated heterocycles. The standard InChI is InChI=1S/C16H22FNO2/c1-11-5-4-8-16(9-11,10-19)18-15(20)13-7-3-6-12(2)14(13)17/h3,6-7,11,19H,4-5,8-10H2,1-2H3,(H,18,20). The van der Waals surface area contributed by atoms with Crippen molar-refractivity contribution in [2.75, 3.05) is 6.61 Å². The lowest BCUT2D eigenvalue weighted by Gasteiger charge is -2.39. The lowest BCUT2D eigenvalue weighted by molar-refractivity contribution is 0.0693. The van der Waals surface area contributed by atoms with Crippen molar-refractivity contribution in [3.63, 3.8) is 0 Å². The van der Waals surface area contributed by atoms with Crippen molar-refractivity contribution in [1.82, 2.24) is 5.32 Å². The van der Waals surface area contributed by atoms with Gasteiger partial charge in [0.1, 0.15) is 5.82 Å². The quantitative estimate of drug-likeness (QED) is 0.894. The molecule has 1 aliphatic carbocycles. The summed E-state index contributed by atoms with van der Waals surface area (Å²) in [6.07, 6.45) is 3.56. The molecule has 1 aromatic rings. The van der Waals surface area contributed by atoms with Crippen LogP contribution in [-0.4, -0.2) is 23.2 Å². The highest BCUT2D eigenvalue weighted by Crippen LogP contribution is 2.32. The fraction of sp³-hybridized carbons (Fsp3) is 0.562. The molecule has 0 heterocycles. The first-order chi connectivity index (χ1) is 9.47. The number of carbonyl (C=O) groups is 1. The Morgan fingerprint density at radius 2 is 2.30 bits per heavy atom. The van der Waals surface area contributed by atoms with Gasteiger partial charge in [0.2, 0.25) is 0 Å². The van der Waals surface area contributed by atoms with Crippen LogP contribution < -0.4 is 5.32 Å². The van der Waals surface area contributed by atoms with Crippen LogP contribution in [0.1, 0.15) is 48.5 Å². The van der Waals surface area contributed by atoms with E-state index < -0.39 is 17.3 Å². The molecular formula is C16H22FNO2. The molecule has 0 aliphatic heterocycles. The van der Waals surface area contributed by atoms with Crippen molar-refractivity contribution in [1.29, 1.82) is 0 Å². The highest BCUT2D eigenvalue weighted by molar-refractivity contribution is 5.95. The second kappa shape index (κ2) is 5.92. The molecule has 3 nitrogen and oxygen atoms in total. The molecule has 1 aromatic carbocycles. The van der Waals surface area contributed by atoms with Crippen molar-refractivity contribution in [2.45, 2.75) is 45.1 Å². The van der Waals surface area contributed by atoms with Gasteiger partial charge in [0.05, 0.1) is 17.7 Å². The topological polar surface area (TPSA) is 49.3 Å². The molecule has 1 aliphatic rings. The minimum atomic E-state index is -0.606. The predicted molar refractivity (Wildman–Crippen MR) is 76.1 cm³/mol. The number of rotatable bonds is 3. The number of aryl methyl sites for hydroxylation is 1. The van der Waals surface area contributed by atoms with Crippen molar-refractivity contribution in [2.24, 2.45) is 5.92 Å². The molecule has 0 aromatic heterocycles. The third-order valence-electron chi connectivity index (χ3n) is 4.21. The molecule has 2 unspecified atom stereocenters. The van der Waals surface area contributed by atoms with Crippen LogP contribution in [-0.2, 0) is 0 Å². The zero-order chi connectivity index (χ0) is 14.8. The molecule has 20 heavy (non-hydrogen) atoms. The molecule has 2 rings (SSSR count). The molecule has 0 radical (unpaired) electrons. The third-order valence-corrected chi connectivity index (χ3v) is 4.21. The molecule has 110 valence electrons. The van der Waals surface area contributed by atoms with Crippen LogP contribution in [0.15, 0.2) is 18.2 Å². The van der Waals surface area contributed by atoms with Crippen LogP contribution in [0.5, 0.6) is 0 Å². The van der Waals surface area contributed by atoms with E-state index in [0.717, 1.165) is 25.7 Å². The Kier molecular flexibility index (Phi) is 4.43. The predicted octanol–water partition coefficient (Wildman–Crippen LogP) is 2.81. The van der Waals surface area contributed by atoms with E-state index >= 15 is 0 Å². The van der Waals surface area contributed by atoms with E-state index in [-0.39, 0.29) is 12.2 Å². The summed E-state index contributed by atoms with van der Waals surface area (Å²) in [5.41, 5.74) is -0.103. The first-order valence-corrected chi connectivity index (χ1v) is 7.16. The van der Waals surface area contributed by atoms with E-state index in [1.54, 1.807) is 19.1 Å². The summed E-state index contributed by atoms with van der Waals surface area (Å²) >= 11 is 0. The van der Waals surface area contributed by atoms with Gasteiger partial charge in [-0.1, -0.05) is 31.9 Å². The Hall–Kier alpha value is -1.42. The first kappa shape index (κ1) is 15.0. The fourth-order valence-corrected chi connectivity index (χ4v) is 3.09. The summed E-state index contributed by atoms with van der Waals surface area (Å²) < 4.78 is 14.0. The van der Waals surface area contributed by atoms with Gasteiger partial charge in [-0.05, 0) is 37.3 Å². The maximum absolute atomic E-state index is 14.0. The van der Waals surface area contributed by atoms with Crippen LogP contribution in [0.4, 0.5) is 4.39 Å². The Bertz CT molecular complexity index is 503. The van der Waals surface area contributed by atoms with Gasteiger partial charge in [-0.25, -0.2) is 4.39 Å². The number of hydrogen-bond donors (Lipinski definition) is 2. The largest absolute Gasteiger partial charge is 0.394 e. The highest BCUT2D eigenvalue weighted by atomic mass is 19.1. The van der Waals surface area contributed by atoms with Crippen LogP contribution in [0.3, 0.4) is 0 Å². The van der Waals surface area contributed by atoms with E-state index in [1.807, 2.05) is 0 Å². The Morgan fingerprint density at radius 3 is 2.95 bits per heavy atom. The van der Waals surface area contributed by atoms with Gasteiger partial charge < -0.3 is 10.4 Å². The first-order valence-electron chi connectivity index (χ1n) is 7.16. The van der Waals surface area contributed by atoms with Crippen LogP contribution in [0.25, 0.3) is 0 Å².